The molecule has 0 N–H and O–H groups in total. The third kappa shape index (κ3) is 3.66. The molecule has 2 heteroatoms. The zero-order valence-electron chi connectivity index (χ0n) is 18.2. The first-order valence-electron chi connectivity index (χ1n) is 11.2. The molecule has 33 heavy (non-hydrogen) atoms. The van der Waals surface area contributed by atoms with E-state index in [1.165, 1.54) is 32.9 Å². The van der Waals surface area contributed by atoms with Gasteiger partial charge in [-0.3, -0.25) is 0 Å². The van der Waals surface area contributed by atoms with Crippen molar-refractivity contribution in [2.45, 2.75) is 6.61 Å². The lowest BCUT2D eigenvalue weighted by Crippen LogP contribution is -1.97. The van der Waals surface area contributed by atoms with Crippen LogP contribution in [0.5, 0.6) is 5.75 Å². The molecule has 0 spiro atoms. The molecule has 5 aromatic carbocycles. The lowest BCUT2D eigenvalue weighted by atomic mass is 10.0. The Morgan fingerprint density at radius 2 is 1.18 bits per heavy atom. The standard InChI is InChI=1S/C31H23NO/c1-3-9-23(10-4-1)22-33-27-18-16-26(17-19-27)32-30-14-8-7-13-28(30)29-20-15-25(21-31(29)32)24-11-5-2-6-12-24/h1-21H,22H2. The van der Waals surface area contributed by atoms with E-state index in [1.807, 2.05) is 18.2 Å². The highest BCUT2D eigenvalue weighted by atomic mass is 16.5. The van der Waals surface area contributed by atoms with E-state index in [-0.39, 0.29) is 0 Å². The second kappa shape index (κ2) is 8.33. The van der Waals surface area contributed by atoms with E-state index < -0.39 is 0 Å². The monoisotopic (exact) mass is 425 g/mol. The summed E-state index contributed by atoms with van der Waals surface area (Å²) in [5.41, 5.74) is 7.14. The second-order valence-electron chi connectivity index (χ2n) is 8.22. The summed E-state index contributed by atoms with van der Waals surface area (Å²) in [7, 11) is 0. The number of nitrogens with zero attached hydrogens (tertiary/aromatic N) is 1. The van der Waals surface area contributed by atoms with Crippen LogP contribution in [-0.2, 0) is 6.61 Å². The van der Waals surface area contributed by atoms with Gasteiger partial charge < -0.3 is 9.30 Å². The Hall–Kier alpha value is -4.30. The SMILES string of the molecule is c1ccc(COc2ccc(-n3c4ccccc4c4ccc(-c5ccccc5)cc43)cc2)cc1. The van der Waals surface area contributed by atoms with Crippen LogP contribution in [-0.4, -0.2) is 4.57 Å². The minimum Gasteiger partial charge on any atom is -0.489 e. The topological polar surface area (TPSA) is 14.2 Å². The predicted octanol–water partition coefficient (Wildman–Crippen LogP) is 8.03. The van der Waals surface area contributed by atoms with Crippen molar-refractivity contribution in [3.05, 3.63) is 133 Å². The molecule has 0 saturated heterocycles. The minimum atomic E-state index is 0.565. The Morgan fingerprint density at radius 3 is 1.97 bits per heavy atom. The molecular weight excluding hydrogens is 402 g/mol. The summed E-state index contributed by atoms with van der Waals surface area (Å²) in [6.45, 7) is 0.565. The Morgan fingerprint density at radius 1 is 0.515 bits per heavy atom. The summed E-state index contributed by atoms with van der Waals surface area (Å²) in [6.07, 6.45) is 0. The molecule has 0 radical (unpaired) electrons. The molecular formula is C31H23NO. The Labute approximate surface area is 193 Å². The number of fused-ring (bicyclic) bond motifs is 3. The van der Waals surface area contributed by atoms with Gasteiger partial charge in [0.25, 0.3) is 0 Å². The van der Waals surface area contributed by atoms with Gasteiger partial charge in [0.2, 0.25) is 0 Å². The third-order valence-electron chi connectivity index (χ3n) is 6.12. The molecule has 0 atom stereocenters. The number of para-hydroxylation sites is 1. The first-order valence-corrected chi connectivity index (χ1v) is 11.2. The van der Waals surface area contributed by atoms with Crippen molar-refractivity contribution in [1.29, 1.82) is 0 Å². The summed E-state index contributed by atoms with van der Waals surface area (Å²) < 4.78 is 8.35. The largest absolute Gasteiger partial charge is 0.489 e. The van der Waals surface area contributed by atoms with Crippen LogP contribution in [0.15, 0.2) is 127 Å². The number of rotatable bonds is 5. The van der Waals surface area contributed by atoms with Gasteiger partial charge in [0, 0.05) is 16.5 Å². The van der Waals surface area contributed by atoms with Crippen molar-refractivity contribution in [1.82, 2.24) is 4.57 Å². The maximum Gasteiger partial charge on any atom is 0.119 e. The van der Waals surface area contributed by atoms with Gasteiger partial charge in [0.1, 0.15) is 12.4 Å². The van der Waals surface area contributed by atoms with E-state index in [0.29, 0.717) is 6.61 Å². The molecule has 0 unspecified atom stereocenters. The molecule has 2 nitrogen and oxygen atoms in total. The maximum absolute atomic E-state index is 6.01. The van der Waals surface area contributed by atoms with E-state index in [9.17, 15) is 0 Å². The normalized spacial score (nSPS) is 11.2. The predicted molar refractivity (Wildman–Crippen MR) is 137 cm³/mol. The second-order valence-corrected chi connectivity index (χ2v) is 8.22. The zero-order chi connectivity index (χ0) is 22.0. The average molecular weight is 426 g/mol. The van der Waals surface area contributed by atoms with Gasteiger partial charge in [-0.1, -0.05) is 91.0 Å². The lowest BCUT2D eigenvalue weighted by Gasteiger charge is -2.11. The summed E-state index contributed by atoms with van der Waals surface area (Å²) >= 11 is 0. The Balaban J connectivity index is 1.42. The van der Waals surface area contributed by atoms with Crippen LogP contribution in [0.3, 0.4) is 0 Å². The molecule has 0 bridgehead atoms. The fraction of sp³-hybridized carbons (Fsp3) is 0.0323. The van der Waals surface area contributed by atoms with Gasteiger partial charge in [-0.2, -0.15) is 0 Å². The van der Waals surface area contributed by atoms with Gasteiger partial charge in [-0.15, -0.1) is 0 Å². The van der Waals surface area contributed by atoms with Crippen LogP contribution in [0.25, 0.3) is 38.6 Å². The van der Waals surface area contributed by atoms with E-state index in [2.05, 4.69) is 114 Å². The van der Waals surface area contributed by atoms with Crippen LogP contribution < -0.4 is 4.74 Å². The third-order valence-corrected chi connectivity index (χ3v) is 6.12. The number of hydrogen-bond acceptors (Lipinski definition) is 1. The highest BCUT2D eigenvalue weighted by Crippen LogP contribution is 2.35. The van der Waals surface area contributed by atoms with Gasteiger partial charge in [-0.25, -0.2) is 0 Å². The van der Waals surface area contributed by atoms with Crippen LogP contribution in [0, 0.1) is 0 Å². The molecule has 6 rings (SSSR count). The van der Waals surface area contributed by atoms with Crippen molar-refractivity contribution in [2.75, 3.05) is 0 Å². The number of benzene rings is 5. The number of ether oxygens (including phenoxy) is 1. The summed E-state index contributed by atoms with van der Waals surface area (Å²) in [4.78, 5) is 0. The van der Waals surface area contributed by atoms with Crippen molar-refractivity contribution in [2.24, 2.45) is 0 Å². The highest BCUT2D eigenvalue weighted by molar-refractivity contribution is 6.10. The van der Waals surface area contributed by atoms with Gasteiger partial charge in [0.15, 0.2) is 0 Å². The first-order chi connectivity index (χ1) is 16.4. The Bertz CT molecular complexity index is 1530. The smallest absolute Gasteiger partial charge is 0.119 e. The van der Waals surface area contributed by atoms with Crippen molar-refractivity contribution >= 4 is 21.8 Å². The number of hydrogen-bond donors (Lipinski definition) is 0. The maximum atomic E-state index is 6.01. The van der Waals surface area contributed by atoms with Crippen molar-refractivity contribution in [3.63, 3.8) is 0 Å². The summed E-state index contributed by atoms with van der Waals surface area (Å²) in [6, 6.07) is 44.6. The van der Waals surface area contributed by atoms with Gasteiger partial charge in [0.05, 0.1) is 11.0 Å². The summed E-state index contributed by atoms with van der Waals surface area (Å²) in [5.74, 6) is 0.869. The van der Waals surface area contributed by atoms with Gasteiger partial charge >= 0.3 is 0 Å². The molecule has 0 fully saturated rings. The quantitative estimate of drug-likeness (QED) is 0.273. The van der Waals surface area contributed by atoms with Crippen LogP contribution in [0.2, 0.25) is 0 Å². The fourth-order valence-corrected chi connectivity index (χ4v) is 4.49. The van der Waals surface area contributed by atoms with Crippen LogP contribution in [0.1, 0.15) is 5.56 Å². The minimum absolute atomic E-state index is 0.565. The van der Waals surface area contributed by atoms with E-state index in [0.717, 1.165) is 17.0 Å². The van der Waals surface area contributed by atoms with E-state index in [1.54, 1.807) is 0 Å². The van der Waals surface area contributed by atoms with Crippen LogP contribution in [0.4, 0.5) is 0 Å². The molecule has 6 aromatic rings. The zero-order valence-corrected chi connectivity index (χ0v) is 18.2. The van der Waals surface area contributed by atoms with Crippen molar-refractivity contribution < 1.29 is 4.74 Å². The van der Waals surface area contributed by atoms with Crippen LogP contribution >= 0.6 is 0 Å². The molecule has 0 aliphatic heterocycles. The molecule has 1 heterocycles. The molecule has 158 valence electrons. The van der Waals surface area contributed by atoms with E-state index >= 15 is 0 Å². The highest BCUT2D eigenvalue weighted by Gasteiger charge is 2.13. The lowest BCUT2D eigenvalue weighted by molar-refractivity contribution is 0.306. The summed E-state index contributed by atoms with van der Waals surface area (Å²) in [5, 5.41) is 2.52. The van der Waals surface area contributed by atoms with E-state index in [4.69, 9.17) is 4.74 Å². The molecule has 0 amide bonds. The molecule has 0 saturated carbocycles. The number of aromatic nitrogens is 1. The fourth-order valence-electron chi connectivity index (χ4n) is 4.49. The van der Waals surface area contributed by atoms with Crippen molar-refractivity contribution in [3.8, 4) is 22.6 Å². The average Bonchev–Trinajstić information content (AvgIpc) is 3.22. The molecule has 0 aliphatic rings. The molecule has 0 aliphatic carbocycles. The van der Waals surface area contributed by atoms with Gasteiger partial charge in [-0.05, 0) is 53.1 Å². The first kappa shape index (κ1) is 19.4. The molecule has 1 aromatic heterocycles. The Kier molecular flexibility index (Phi) is 4.89.